The number of allylic oxidation sites excluding steroid dienone is 2. The molecular formula is C34H36IrNO3-. The van der Waals surface area contributed by atoms with Crippen molar-refractivity contribution >= 4 is 38.3 Å². The van der Waals surface area contributed by atoms with E-state index in [0.717, 1.165) is 33.4 Å². The number of aliphatic hydroxyl groups is 1. The van der Waals surface area contributed by atoms with Gasteiger partial charge in [-0.25, -0.2) is 0 Å². The Morgan fingerprint density at radius 1 is 0.974 bits per heavy atom. The molecule has 0 bridgehead atoms. The topological polar surface area (TPSA) is 63.3 Å². The summed E-state index contributed by atoms with van der Waals surface area (Å²) in [4.78, 5) is 14.8. The van der Waals surface area contributed by atoms with E-state index in [1.165, 1.54) is 47.2 Å². The summed E-state index contributed by atoms with van der Waals surface area (Å²) in [5, 5.41) is 14.4. The van der Waals surface area contributed by atoms with Gasteiger partial charge in [-0.3, -0.25) is 4.79 Å². The minimum absolute atomic E-state index is 0. The maximum atomic E-state index is 10.0. The number of carbonyl (C=O) groups is 1. The number of nitrogens with zero attached hydrogens (tertiary/aromatic N) is 1. The van der Waals surface area contributed by atoms with Crippen molar-refractivity contribution in [3.8, 4) is 11.3 Å². The second-order valence-corrected chi connectivity index (χ2v) is 11.3. The molecule has 0 saturated heterocycles. The molecule has 39 heavy (non-hydrogen) atoms. The molecule has 0 amide bonds. The molecular weight excluding hydrogens is 663 g/mol. The molecule has 5 heteroatoms. The van der Waals surface area contributed by atoms with Crippen molar-refractivity contribution in [3.05, 3.63) is 89.5 Å². The van der Waals surface area contributed by atoms with Gasteiger partial charge < -0.3 is 14.5 Å². The van der Waals surface area contributed by atoms with E-state index < -0.39 is 0 Å². The van der Waals surface area contributed by atoms with Crippen LogP contribution in [0.4, 0.5) is 0 Å². The van der Waals surface area contributed by atoms with E-state index >= 15 is 0 Å². The molecule has 5 rings (SSSR count). The largest absolute Gasteiger partial charge is 0.512 e. The van der Waals surface area contributed by atoms with Gasteiger partial charge in [0, 0.05) is 32.4 Å². The molecule has 205 valence electrons. The summed E-state index contributed by atoms with van der Waals surface area (Å²) in [5.74, 6) is 1.36. The predicted molar refractivity (Wildman–Crippen MR) is 158 cm³/mol. The van der Waals surface area contributed by atoms with E-state index in [2.05, 4.69) is 89.2 Å². The average Bonchev–Trinajstić information content (AvgIpc) is 3.21. The van der Waals surface area contributed by atoms with Crippen LogP contribution in [0, 0.1) is 13.0 Å². The number of rotatable bonds is 3. The Kier molecular flexibility index (Phi) is 9.20. The Morgan fingerprint density at radius 2 is 1.67 bits per heavy atom. The fourth-order valence-electron chi connectivity index (χ4n) is 4.82. The van der Waals surface area contributed by atoms with Gasteiger partial charge >= 0.3 is 0 Å². The Morgan fingerprint density at radius 3 is 2.26 bits per heavy atom. The first-order valence-corrected chi connectivity index (χ1v) is 13.0. The number of pyridine rings is 1. The molecule has 2 aromatic heterocycles. The molecule has 0 unspecified atom stereocenters. The van der Waals surface area contributed by atoms with Gasteiger partial charge in [0.15, 0.2) is 5.78 Å². The van der Waals surface area contributed by atoms with Crippen LogP contribution in [0.1, 0.15) is 71.3 Å². The second kappa shape index (κ2) is 11.9. The van der Waals surface area contributed by atoms with E-state index in [-0.39, 0.29) is 37.1 Å². The summed E-state index contributed by atoms with van der Waals surface area (Å²) in [6.45, 7) is 16.0. The van der Waals surface area contributed by atoms with Crippen LogP contribution in [0.2, 0.25) is 0 Å². The van der Waals surface area contributed by atoms with Crippen LogP contribution in [-0.4, -0.2) is 15.9 Å². The molecule has 0 aliphatic carbocycles. The number of aryl methyl sites for hydroxylation is 1. The van der Waals surface area contributed by atoms with Gasteiger partial charge in [-0.1, -0.05) is 82.5 Å². The Labute approximate surface area is 244 Å². The van der Waals surface area contributed by atoms with Crippen LogP contribution in [0.15, 0.2) is 71.0 Å². The number of ketones is 1. The number of fused-ring (bicyclic) bond motifs is 4. The first-order chi connectivity index (χ1) is 17.8. The van der Waals surface area contributed by atoms with Crippen LogP contribution in [-0.2, 0) is 30.3 Å². The quantitative estimate of drug-likeness (QED) is 0.0883. The Bertz CT molecular complexity index is 1680. The minimum Gasteiger partial charge on any atom is -0.512 e. The third kappa shape index (κ3) is 6.66. The summed E-state index contributed by atoms with van der Waals surface area (Å²) >= 11 is 0. The first kappa shape index (κ1) is 30.3. The number of aliphatic hydroxyl groups excluding tert-OH is 1. The van der Waals surface area contributed by atoms with Crippen LogP contribution < -0.4 is 0 Å². The van der Waals surface area contributed by atoms with Crippen molar-refractivity contribution in [1.82, 2.24) is 4.98 Å². The third-order valence-electron chi connectivity index (χ3n) is 6.61. The van der Waals surface area contributed by atoms with Gasteiger partial charge in [0.2, 0.25) is 0 Å². The number of carbonyl (C=O) groups excluding carboxylic acids is 1. The van der Waals surface area contributed by atoms with E-state index in [4.69, 9.17) is 14.5 Å². The fourth-order valence-corrected chi connectivity index (χ4v) is 4.82. The molecule has 0 saturated carbocycles. The fraction of sp³-hybridized carbons (Fsp3) is 0.294. The van der Waals surface area contributed by atoms with Crippen molar-refractivity contribution in [3.63, 3.8) is 0 Å². The Hall–Kier alpha value is -3.27. The van der Waals surface area contributed by atoms with Gasteiger partial charge in [0.25, 0.3) is 0 Å². The van der Waals surface area contributed by atoms with E-state index in [0.29, 0.717) is 5.92 Å². The zero-order chi connectivity index (χ0) is 27.8. The zero-order valence-electron chi connectivity index (χ0n) is 23.9. The van der Waals surface area contributed by atoms with Gasteiger partial charge in [0.05, 0.1) is 17.1 Å². The van der Waals surface area contributed by atoms with Crippen LogP contribution >= 0.6 is 0 Å². The summed E-state index contributed by atoms with van der Waals surface area (Å²) in [6, 6.07) is 21.2. The maximum absolute atomic E-state index is 10.0. The monoisotopic (exact) mass is 699 g/mol. The second-order valence-electron chi connectivity index (χ2n) is 11.3. The number of hydrogen-bond acceptors (Lipinski definition) is 4. The Balaban J connectivity index is 0.000000468. The molecule has 1 radical (unpaired) electrons. The number of hydrogen-bond donors (Lipinski definition) is 1. The molecule has 0 aliphatic rings. The molecule has 4 nitrogen and oxygen atoms in total. The smallest absolute Gasteiger partial charge is 0.155 e. The van der Waals surface area contributed by atoms with Crippen molar-refractivity contribution < 1.29 is 34.4 Å². The standard InChI is InChI=1S/C29H28NO.C5H8O2.Ir/c1-17(2)19-7-9-22-20(14-19)8-10-24-23(22)11-12-30-28(24)21-15-26(29(4,5)6)25-13-18(3)31-27(25)16-21;1-4(6)3-5(2)7;/h7-15,17H,1-6H3;3,6H,1-2H3;/q-1;;/b;4-3-;. The molecule has 2 heterocycles. The number of benzene rings is 3. The van der Waals surface area contributed by atoms with Crippen molar-refractivity contribution in [2.24, 2.45) is 0 Å². The van der Waals surface area contributed by atoms with Crippen LogP contribution in [0.25, 0.3) is 43.8 Å². The summed E-state index contributed by atoms with van der Waals surface area (Å²) in [5.41, 5.74) is 5.35. The van der Waals surface area contributed by atoms with Crippen LogP contribution in [0.3, 0.4) is 0 Å². The maximum Gasteiger partial charge on any atom is 0.155 e. The zero-order valence-corrected chi connectivity index (χ0v) is 26.3. The van der Waals surface area contributed by atoms with E-state index in [9.17, 15) is 4.79 Å². The van der Waals surface area contributed by atoms with Gasteiger partial charge in [-0.15, -0.1) is 17.2 Å². The molecule has 1 N–H and O–H groups in total. The summed E-state index contributed by atoms with van der Waals surface area (Å²) in [7, 11) is 0. The number of furan rings is 1. The van der Waals surface area contributed by atoms with Gasteiger partial charge in [-0.05, 0) is 71.0 Å². The van der Waals surface area contributed by atoms with Gasteiger partial charge in [0.1, 0.15) is 0 Å². The van der Waals surface area contributed by atoms with E-state index in [1.807, 2.05) is 13.1 Å². The molecule has 0 atom stereocenters. The molecule has 0 fully saturated rings. The summed E-state index contributed by atoms with van der Waals surface area (Å²) in [6.07, 6.45) is 3.08. The number of aromatic nitrogens is 1. The first-order valence-electron chi connectivity index (χ1n) is 13.0. The normalized spacial score (nSPS) is 12.0. The van der Waals surface area contributed by atoms with Crippen molar-refractivity contribution in [2.75, 3.05) is 0 Å². The molecule has 0 spiro atoms. The molecule has 3 aromatic carbocycles. The third-order valence-corrected chi connectivity index (χ3v) is 6.61. The predicted octanol–water partition coefficient (Wildman–Crippen LogP) is 9.37. The summed E-state index contributed by atoms with van der Waals surface area (Å²) < 4.78 is 6.00. The van der Waals surface area contributed by atoms with Crippen molar-refractivity contribution in [1.29, 1.82) is 0 Å². The average molecular weight is 699 g/mol. The molecule has 5 aromatic rings. The van der Waals surface area contributed by atoms with E-state index in [1.54, 1.807) is 0 Å². The van der Waals surface area contributed by atoms with Crippen LogP contribution in [0.5, 0.6) is 0 Å². The molecule has 0 aliphatic heterocycles. The SMILES string of the molecule is CC(=O)/C=C(/C)O.Cc1cc2c(C(C)(C)C)cc(-c3nccc4c3ccc3cc(C(C)C)ccc34)[c-]c2o1.[Ir]. The van der Waals surface area contributed by atoms with Gasteiger partial charge in [-0.2, -0.15) is 0 Å². The minimum atomic E-state index is -0.125. The van der Waals surface area contributed by atoms with Crippen molar-refractivity contribution in [2.45, 2.75) is 66.7 Å².